The Kier molecular flexibility index (Phi) is 32.6. The highest BCUT2D eigenvalue weighted by molar-refractivity contribution is 7.47. The van der Waals surface area contributed by atoms with E-state index in [4.69, 9.17) is 19.1 Å². The highest BCUT2D eigenvalue weighted by Crippen LogP contribution is 2.43. The first-order chi connectivity index (χ1) is 28.7. The normalized spacial score (nSPS) is 20.6. The molecule has 0 saturated heterocycles. The maximum absolute atomic E-state index is 12.8. The molecule has 0 aromatic carbocycles. The molecule has 1 unspecified atom stereocenters. The second-order valence-corrected chi connectivity index (χ2v) is 18.7. The number of aliphatic hydroxyl groups is 5. The quantitative estimate of drug-likeness (QED) is 0.0150. The van der Waals surface area contributed by atoms with Crippen molar-refractivity contribution in [3.8, 4) is 0 Å². The van der Waals surface area contributed by atoms with E-state index in [-0.39, 0.29) is 37.9 Å². The number of phosphoric acid groups is 1. The number of ketones is 1. The molecule has 1 rings (SSSR count). The predicted octanol–water partition coefficient (Wildman–Crippen LogP) is 7.81. The van der Waals surface area contributed by atoms with Crippen LogP contribution in [0, 0.1) is 17.8 Å². The number of unbranched alkanes of at least 4 members (excludes halogenated alkanes) is 15. The zero-order chi connectivity index (χ0) is 44.6. The fourth-order valence-electron chi connectivity index (χ4n) is 7.41. The molecule has 1 fully saturated rings. The van der Waals surface area contributed by atoms with E-state index in [1.165, 1.54) is 57.8 Å². The number of esters is 2. The Bertz CT molecular complexity index is 1200. The average Bonchev–Trinajstić information content (AvgIpc) is 3.47. The summed E-state index contributed by atoms with van der Waals surface area (Å²) in [4.78, 5) is 48.1. The van der Waals surface area contributed by atoms with E-state index in [2.05, 4.69) is 25.3 Å². The molecule has 0 aliphatic heterocycles. The monoisotopic (exact) mass is 879 g/mol. The number of ether oxygens (including phenoxy) is 2. The topological polar surface area (TPSA) is 227 Å². The van der Waals surface area contributed by atoms with E-state index in [9.17, 15) is 44.3 Å². The van der Waals surface area contributed by atoms with Gasteiger partial charge >= 0.3 is 19.8 Å². The third kappa shape index (κ3) is 29.5. The summed E-state index contributed by atoms with van der Waals surface area (Å²) in [6.45, 7) is 4.18. The van der Waals surface area contributed by atoms with E-state index in [1.807, 2.05) is 0 Å². The molecular weight excluding hydrogens is 795 g/mol. The molecule has 0 heterocycles. The molecule has 0 aromatic heterocycles. The molecule has 0 radical (unpaired) electrons. The Balaban J connectivity index is 2.45. The standard InChI is InChI=1S/C45H83O14P/c1-4-5-17-23-36(47)27-28-40-41(43(51)30-42(40)50)29-37(48)24-20-21-25-44(52)56-33-39(34-58-60(54,55)57-32-38(49)31-46)59-45(53)26-19-16-14-12-10-8-6-7-9-11-13-15-18-22-35(2)3/h27-28,35-36,38-43,46-47,49-51H,4-26,29-34H2,1-3H3,(H,54,55)/b28-27+/t36-,38-,39+,40+,41+,42+,43-/m0/s1. The molecule has 6 N–H and O–H groups in total. The summed E-state index contributed by atoms with van der Waals surface area (Å²) in [7, 11) is -4.71. The second-order valence-electron chi connectivity index (χ2n) is 17.2. The minimum absolute atomic E-state index is 0.0416. The molecule has 352 valence electrons. The lowest BCUT2D eigenvalue weighted by atomic mass is 9.87. The summed E-state index contributed by atoms with van der Waals surface area (Å²) in [5.74, 6) is -1.44. The van der Waals surface area contributed by atoms with Crippen LogP contribution in [0.5, 0.6) is 0 Å². The predicted molar refractivity (Wildman–Crippen MR) is 231 cm³/mol. The molecule has 0 aromatic rings. The van der Waals surface area contributed by atoms with Crippen molar-refractivity contribution in [2.75, 3.05) is 26.4 Å². The summed E-state index contributed by atoms with van der Waals surface area (Å²) in [5, 5.41) is 49.7. The number of hydrogen-bond donors (Lipinski definition) is 6. The van der Waals surface area contributed by atoms with Gasteiger partial charge in [-0.2, -0.15) is 0 Å². The van der Waals surface area contributed by atoms with Crippen LogP contribution in [0.1, 0.15) is 181 Å². The van der Waals surface area contributed by atoms with Gasteiger partial charge in [0.1, 0.15) is 18.5 Å². The first kappa shape index (κ1) is 56.3. The lowest BCUT2D eigenvalue weighted by Gasteiger charge is -2.20. The van der Waals surface area contributed by atoms with E-state index < -0.39 is 88.5 Å². The zero-order valence-corrected chi connectivity index (χ0v) is 38.1. The highest BCUT2D eigenvalue weighted by atomic mass is 31.2. The van der Waals surface area contributed by atoms with Crippen molar-refractivity contribution in [3.05, 3.63) is 12.2 Å². The van der Waals surface area contributed by atoms with Crippen LogP contribution in [-0.4, -0.2) is 105 Å². The van der Waals surface area contributed by atoms with Gasteiger partial charge in [0.05, 0.1) is 38.1 Å². The fourth-order valence-corrected chi connectivity index (χ4v) is 8.20. The summed E-state index contributed by atoms with van der Waals surface area (Å²) < 4.78 is 32.7. The number of phosphoric ester groups is 1. The summed E-state index contributed by atoms with van der Waals surface area (Å²) in [5.41, 5.74) is 0. The Labute approximate surface area is 360 Å². The molecule has 8 atom stereocenters. The van der Waals surface area contributed by atoms with Gasteiger partial charge in [-0.05, 0) is 31.6 Å². The maximum atomic E-state index is 12.8. The first-order valence-corrected chi connectivity index (χ1v) is 24.7. The van der Waals surface area contributed by atoms with Crippen molar-refractivity contribution >= 4 is 25.5 Å². The Hall–Kier alpha value is -1.74. The lowest BCUT2D eigenvalue weighted by molar-refractivity contribution is -0.161. The molecule has 14 nitrogen and oxygen atoms in total. The molecule has 0 bridgehead atoms. The molecule has 0 spiro atoms. The Morgan fingerprint density at radius 3 is 1.83 bits per heavy atom. The average molecular weight is 879 g/mol. The number of Topliss-reactive ketones (excluding diaryl/α,β-unsaturated/α-hetero) is 1. The van der Waals surface area contributed by atoms with Crippen molar-refractivity contribution in [1.82, 2.24) is 0 Å². The van der Waals surface area contributed by atoms with Gasteiger partial charge in [0.25, 0.3) is 0 Å². The van der Waals surface area contributed by atoms with Crippen LogP contribution >= 0.6 is 7.82 Å². The van der Waals surface area contributed by atoms with Crippen LogP contribution in [-0.2, 0) is 37.5 Å². The number of carbonyl (C=O) groups excluding carboxylic acids is 3. The summed E-state index contributed by atoms with van der Waals surface area (Å²) in [6, 6.07) is 0. The van der Waals surface area contributed by atoms with Gasteiger partial charge in [-0.15, -0.1) is 0 Å². The molecule has 60 heavy (non-hydrogen) atoms. The number of rotatable bonds is 39. The minimum atomic E-state index is -4.71. The number of hydrogen-bond acceptors (Lipinski definition) is 13. The van der Waals surface area contributed by atoms with E-state index in [0.717, 1.165) is 50.9 Å². The largest absolute Gasteiger partial charge is 0.472 e. The van der Waals surface area contributed by atoms with Gasteiger partial charge in [0.15, 0.2) is 6.10 Å². The van der Waals surface area contributed by atoms with E-state index in [1.54, 1.807) is 12.2 Å². The van der Waals surface area contributed by atoms with Crippen LogP contribution in [0.4, 0.5) is 0 Å². The number of carbonyl (C=O) groups is 3. The van der Waals surface area contributed by atoms with Crippen molar-refractivity contribution in [1.29, 1.82) is 0 Å². The maximum Gasteiger partial charge on any atom is 0.472 e. The molecular formula is C45H83O14P. The molecule has 1 saturated carbocycles. The van der Waals surface area contributed by atoms with Gasteiger partial charge in [-0.3, -0.25) is 23.4 Å². The van der Waals surface area contributed by atoms with Crippen LogP contribution in [0.15, 0.2) is 12.2 Å². The van der Waals surface area contributed by atoms with Crippen molar-refractivity contribution < 1.29 is 67.9 Å². The van der Waals surface area contributed by atoms with Gasteiger partial charge in [-0.1, -0.05) is 136 Å². The highest BCUT2D eigenvalue weighted by Gasteiger charge is 2.41. The van der Waals surface area contributed by atoms with Crippen molar-refractivity contribution in [3.63, 3.8) is 0 Å². The molecule has 1 aliphatic rings. The zero-order valence-electron chi connectivity index (χ0n) is 37.2. The Morgan fingerprint density at radius 2 is 1.23 bits per heavy atom. The summed E-state index contributed by atoms with van der Waals surface area (Å²) in [6.07, 6.45) is 19.5. The lowest BCUT2D eigenvalue weighted by Crippen LogP contribution is -2.29. The van der Waals surface area contributed by atoms with Gasteiger partial charge < -0.3 is 39.9 Å². The molecule has 1 aliphatic carbocycles. The van der Waals surface area contributed by atoms with Crippen LogP contribution in [0.2, 0.25) is 0 Å². The number of aliphatic hydroxyl groups excluding tert-OH is 5. The molecule has 15 heteroatoms. The van der Waals surface area contributed by atoms with Gasteiger partial charge in [0, 0.05) is 43.9 Å². The SMILES string of the molecule is CCCCC[C@H](O)/C=C/[C@@H]1[C@@H](CC(=O)CCCCC(=O)OC[C@H](COP(=O)(O)OC[C@@H](O)CO)OC(=O)CCCCCCCCCCCCCCCC(C)C)[C@@H](O)C[C@H]1O. The van der Waals surface area contributed by atoms with Crippen LogP contribution in [0.25, 0.3) is 0 Å². The van der Waals surface area contributed by atoms with E-state index in [0.29, 0.717) is 25.7 Å². The van der Waals surface area contributed by atoms with Crippen LogP contribution < -0.4 is 0 Å². The third-order valence-corrected chi connectivity index (χ3v) is 12.0. The van der Waals surface area contributed by atoms with Crippen LogP contribution in [0.3, 0.4) is 0 Å². The van der Waals surface area contributed by atoms with Gasteiger partial charge in [-0.25, -0.2) is 4.57 Å². The van der Waals surface area contributed by atoms with E-state index >= 15 is 0 Å². The first-order valence-electron chi connectivity index (χ1n) is 23.2. The second kappa shape index (κ2) is 34.7. The summed E-state index contributed by atoms with van der Waals surface area (Å²) >= 11 is 0. The van der Waals surface area contributed by atoms with Crippen molar-refractivity contribution in [2.24, 2.45) is 17.8 Å². The van der Waals surface area contributed by atoms with Gasteiger partial charge in [0.2, 0.25) is 0 Å². The smallest absolute Gasteiger partial charge is 0.462 e. The molecule has 0 amide bonds. The fraction of sp³-hybridized carbons (Fsp3) is 0.889. The minimum Gasteiger partial charge on any atom is -0.462 e. The third-order valence-electron chi connectivity index (χ3n) is 11.1. The van der Waals surface area contributed by atoms with Crippen molar-refractivity contribution in [2.45, 2.75) is 212 Å². The Morgan fingerprint density at radius 1 is 0.700 bits per heavy atom.